The maximum Gasteiger partial charge on any atom is 0.225 e. The zero-order valence-corrected chi connectivity index (χ0v) is 14.3. The van der Waals surface area contributed by atoms with Crippen LogP contribution >= 0.6 is 0 Å². The molecule has 1 aromatic carbocycles. The standard InChI is InChI=1S/C19H27FN2O2/c1-21-9-6-15(7-10-21)19(24)22-11-8-18(23)16(13-22)12-14-2-4-17(20)5-3-14/h2-5,15-16,18,23H,6-13H2,1H3/t16-,18+/m1/s1. The Kier molecular flexibility index (Phi) is 5.51. The lowest BCUT2D eigenvalue weighted by molar-refractivity contribution is -0.140. The summed E-state index contributed by atoms with van der Waals surface area (Å²) in [5.74, 6) is 0.156. The second kappa shape index (κ2) is 7.62. The fourth-order valence-electron chi connectivity index (χ4n) is 3.86. The van der Waals surface area contributed by atoms with Crippen LogP contribution < -0.4 is 0 Å². The van der Waals surface area contributed by atoms with Crippen molar-refractivity contribution in [1.82, 2.24) is 9.80 Å². The molecule has 132 valence electrons. The van der Waals surface area contributed by atoms with Crippen LogP contribution in [0.4, 0.5) is 4.39 Å². The number of rotatable bonds is 3. The van der Waals surface area contributed by atoms with Crippen LogP contribution in [-0.4, -0.2) is 60.1 Å². The second-order valence-electron chi connectivity index (χ2n) is 7.31. The third kappa shape index (κ3) is 4.14. The number of nitrogens with zero attached hydrogens (tertiary/aromatic N) is 2. The van der Waals surface area contributed by atoms with Crippen LogP contribution in [0.2, 0.25) is 0 Å². The summed E-state index contributed by atoms with van der Waals surface area (Å²) in [6, 6.07) is 6.43. The average molecular weight is 334 g/mol. The van der Waals surface area contributed by atoms with E-state index in [0.717, 1.165) is 31.5 Å². The minimum absolute atomic E-state index is 0.0272. The number of likely N-dealkylation sites (tertiary alicyclic amines) is 2. The van der Waals surface area contributed by atoms with E-state index in [1.807, 2.05) is 4.90 Å². The molecule has 1 aromatic rings. The molecule has 2 heterocycles. The molecule has 0 aromatic heterocycles. The average Bonchev–Trinajstić information content (AvgIpc) is 2.59. The molecule has 1 amide bonds. The van der Waals surface area contributed by atoms with Crippen molar-refractivity contribution in [3.8, 4) is 0 Å². The lowest BCUT2D eigenvalue weighted by Gasteiger charge is -2.39. The van der Waals surface area contributed by atoms with E-state index >= 15 is 0 Å². The molecule has 0 spiro atoms. The van der Waals surface area contributed by atoms with Crippen LogP contribution in [0.1, 0.15) is 24.8 Å². The Morgan fingerprint density at radius 3 is 2.50 bits per heavy atom. The van der Waals surface area contributed by atoms with Gasteiger partial charge in [-0.2, -0.15) is 0 Å². The molecule has 0 saturated carbocycles. The number of aliphatic hydroxyl groups excluding tert-OH is 1. The van der Waals surface area contributed by atoms with E-state index in [0.29, 0.717) is 25.9 Å². The SMILES string of the molecule is CN1CCC(C(=O)N2CC[C@H](O)[C@H](Cc3ccc(F)cc3)C2)CC1. The number of hydrogen-bond donors (Lipinski definition) is 1. The smallest absolute Gasteiger partial charge is 0.225 e. The van der Waals surface area contributed by atoms with Crippen molar-refractivity contribution in [2.24, 2.45) is 11.8 Å². The summed E-state index contributed by atoms with van der Waals surface area (Å²) in [6.07, 6.45) is 2.77. The first-order chi connectivity index (χ1) is 11.5. The third-order valence-corrected chi connectivity index (χ3v) is 5.48. The fourth-order valence-corrected chi connectivity index (χ4v) is 3.86. The predicted octanol–water partition coefficient (Wildman–Crippen LogP) is 1.92. The van der Waals surface area contributed by atoms with Gasteiger partial charge in [0.2, 0.25) is 5.91 Å². The van der Waals surface area contributed by atoms with Crippen LogP contribution in [0, 0.1) is 17.7 Å². The number of aliphatic hydroxyl groups is 1. The molecule has 2 atom stereocenters. The molecule has 0 radical (unpaired) electrons. The summed E-state index contributed by atoms with van der Waals surface area (Å²) in [6.45, 7) is 3.20. The van der Waals surface area contributed by atoms with Crippen molar-refractivity contribution < 1.29 is 14.3 Å². The highest BCUT2D eigenvalue weighted by Gasteiger charge is 2.34. The van der Waals surface area contributed by atoms with E-state index in [1.54, 1.807) is 12.1 Å². The minimum Gasteiger partial charge on any atom is -0.393 e. The molecule has 2 fully saturated rings. The van der Waals surface area contributed by atoms with Crippen LogP contribution in [0.25, 0.3) is 0 Å². The number of benzene rings is 1. The topological polar surface area (TPSA) is 43.8 Å². The number of hydrogen-bond acceptors (Lipinski definition) is 3. The van der Waals surface area contributed by atoms with Gasteiger partial charge in [0.1, 0.15) is 5.82 Å². The maximum absolute atomic E-state index is 13.0. The summed E-state index contributed by atoms with van der Waals surface area (Å²) in [4.78, 5) is 17.0. The Morgan fingerprint density at radius 1 is 1.17 bits per heavy atom. The van der Waals surface area contributed by atoms with Crippen LogP contribution in [0.15, 0.2) is 24.3 Å². The fraction of sp³-hybridized carbons (Fsp3) is 0.632. The van der Waals surface area contributed by atoms with Gasteiger partial charge in [-0.25, -0.2) is 4.39 Å². The molecule has 24 heavy (non-hydrogen) atoms. The lowest BCUT2D eigenvalue weighted by atomic mass is 9.87. The van der Waals surface area contributed by atoms with Crippen molar-refractivity contribution in [2.45, 2.75) is 31.8 Å². The lowest BCUT2D eigenvalue weighted by Crippen LogP contribution is -2.50. The zero-order valence-electron chi connectivity index (χ0n) is 14.3. The molecule has 5 heteroatoms. The minimum atomic E-state index is -0.392. The van der Waals surface area contributed by atoms with E-state index in [4.69, 9.17) is 0 Å². The van der Waals surface area contributed by atoms with Gasteiger partial charge in [-0.15, -0.1) is 0 Å². The van der Waals surface area contributed by atoms with Gasteiger partial charge < -0.3 is 14.9 Å². The molecule has 4 nitrogen and oxygen atoms in total. The Bertz CT molecular complexity index is 555. The highest BCUT2D eigenvalue weighted by molar-refractivity contribution is 5.79. The number of carbonyl (C=O) groups excluding carboxylic acids is 1. The van der Waals surface area contributed by atoms with Crippen LogP contribution in [0.5, 0.6) is 0 Å². The molecule has 0 bridgehead atoms. The maximum atomic E-state index is 13.0. The highest BCUT2D eigenvalue weighted by atomic mass is 19.1. The third-order valence-electron chi connectivity index (χ3n) is 5.48. The van der Waals surface area contributed by atoms with Gasteiger partial charge in [-0.3, -0.25) is 4.79 Å². The van der Waals surface area contributed by atoms with Crippen molar-refractivity contribution >= 4 is 5.91 Å². The van der Waals surface area contributed by atoms with E-state index in [-0.39, 0.29) is 23.6 Å². The van der Waals surface area contributed by atoms with Gasteiger partial charge in [0, 0.05) is 24.9 Å². The molecule has 0 unspecified atom stereocenters. The zero-order chi connectivity index (χ0) is 17.1. The van der Waals surface area contributed by atoms with Gasteiger partial charge in [0.15, 0.2) is 0 Å². The van der Waals surface area contributed by atoms with E-state index in [2.05, 4.69) is 11.9 Å². The predicted molar refractivity (Wildman–Crippen MR) is 91.0 cm³/mol. The van der Waals surface area contributed by atoms with Gasteiger partial charge in [-0.1, -0.05) is 12.1 Å². The van der Waals surface area contributed by atoms with E-state index < -0.39 is 6.10 Å². The van der Waals surface area contributed by atoms with Gasteiger partial charge in [0.05, 0.1) is 6.10 Å². The first-order valence-corrected chi connectivity index (χ1v) is 8.93. The number of piperidine rings is 2. The van der Waals surface area contributed by atoms with Crippen LogP contribution in [0.3, 0.4) is 0 Å². The van der Waals surface area contributed by atoms with Gasteiger partial charge in [0.25, 0.3) is 0 Å². The number of halogens is 1. The first-order valence-electron chi connectivity index (χ1n) is 8.93. The van der Waals surface area contributed by atoms with Gasteiger partial charge in [-0.05, 0) is 63.5 Å². The second-order valence-corrected chi connectivity index (χ2v) is 7.31. The summed E-state index contributed by atoms with van der Waals surface area (Å²) in [5.41, 5.74) is 1.01. The Labute approximate surface area is 143 Å². The molecule has 2 saturated heterocycles. The molecule has 3 rings (SSSR count). The molecule has 2 aliphatic rings. The Hall–Kier alpha value is -1.46. The molecular formula is C19H27FN2O2. The summed E-state index contributed by atoms with van der Waals surface area (Å²) < 4.78 is 13.0. The van der Waals surface area contributed by atoms with E-state index in [9.17, 15) is 14.3 Å². The molecule has 2 aliphatic heterocycles. The Morgan fingerprint density at radius 2 is 1.83 bits per heavy atom. The van der Waals surface area contributed by atoms with Crippen molar-refractivity contribution in [3.63, 3.8) is 0 Å². The van der Waals surface area contributed by atoms with Crippen LogP contribution in [-0.2, 0) is 11.2 Å². The number of amides is 1. The highest BCUT2D eigenvalue weighted by Crippen LogP contribution is 2.25. The molecule has 1 N–H and O–H groups in total. The Balaban J connectivity index is 1.60. The van der Waals surface area contributed by atoms with Gasteiger partial charge >= 0.3 is 0 Å². The summed E-state index contributed by atoms with van der Waals surface area (Å²) in [5, 5.41) is 10.3. The number of carbonyl (C=O) groups is 1. The normalized spacial score (nSPS) is 26.5. The molecular weight excluding hydrogens is 307 g/mol. The quantitative estimate of drug-likeness (QED) is 0.918. The summed E-state index contributed by atoms with van der Waals surface area (Å²) in [7, 11) is 2.09. The molecule has 0 aliphatic carbocycles. The van der Waals surface area contributed by atoms with Crippen molar-refractivity contribution in [2.75, 3.05) is 33.2 Å². The van der Waals surface area contributed by atoms with Crippen molar-refractivity contribution in [1.29, 1.82) is 0 Å². The van der Waals surface area contributed by atoms with Crippen molar-refractivity contribution in [3.05, 3.63) is 35.6 Å². The summed E-state index contributed by atoms with van der Waals surface area (Å²) >= 11 is 0. The monoisotopic (exact) mass is 334 g/mol. The van der Waals surface area contributed by atoms with E-state index in [1.165, 1.54) is 12.1 Å². The first kappa shape index (κ1) is 17.4. The largest absolute Gasteiger partial charge is 0.393 e.